The number of hydrogen-bond donors (Lipinski definition) is 1. The summed E-state index contributed by atoms with van der Waals surface area (Å²) in [5.74, 6) is 0.391. The summed E-state index contributed by atoms with van der Waals surface area (Å²) < 4.78 is 24.1. The smallest absolute Gasteiger partial charge is 0.258 e. The van der Waals surface area contributed by atoms with Crippen molar-refractivity contribution >= 4 is 11.7 Å². The van der Waals surface area contributed by atoms with Gasteiger partial charge in [0.15, 0.2) is 12.4 Å². The van der Waals surface area contributed by atoms with Gasteiger partial charge in [-0.25, -0.2) is 4.39 Å². The molecule has 1 aliphatic rings. The Hall–Kier alpha value is -3.63. The molecular weight excluding hydrogens is 451 g/mol. The lowest BCUT2D eigenvalue weighted by atomic mass is 10.1. The van der Waals surface area contributed by atoms with Crippen molar-refractivity contribution in [2.45, 2.75) is 12.6 Å². The number of anilines is 1. The number of nitrogens with one attached hydrogen (secondary N) is 1. The topological polar surface area (TPSA) is 92.7 Å². The molecule has 1 aromatic carbocycles. The Labute approximate surface area is 203 Å². The van der Waals surface area contributed by atoms with Crippen LogP contribution in [0.5, 0.6) is 5.88 Å². The van der Waals surface area contributed by atoms with E-state index in [0.717, 1.165) is 24.2 Å². The van der Waals surface area contributed by atoms with E-state index in [1.807, 2.05) is 24.1 Å². The second-order valence-electron chi connectivity index (χ2n) is 8.25. The fourth-order valence-electron chi connectivity index (χ4n) is 3.87. The third kappa shape index (κ3) is 7.17. The number of rotatable bonds is 10. The second kappa shape index (κ2) is 12.2. The summed E-state index contributed by atoms with van der Waals surface area (Å²) in [7, 11) is 1.87. The van der Waals surface area contributed by atoms with Crippen LogP contribution in [0.3, 0.4) is 0 Å². The van der Waals surface area contributed by atoms with E-state index in [9.17, 15) is 9.18 Å². The van der Waals surface area contributed by atoms with Gasteiger partial charge in [0.1, 0.15) is 5.82 Å². The number of morpholine rings is 1. The van der Waals surface area contributed by atoms with Gasteiger partial charge in [0.25, 0.3) is 5.91 Å². The first kappa shape index (κ1) is 24.5. The number of benzene rings is 1. The van der Waals surface area contributed by atoms with Crippen molar-refractivity contribution in [2.75, 3.05) is 51.4 Å². The Morgan fingerprint density at radius 3 is 2.54 bits per heavy atom. The minimum atomic E-state index is -0.268. The average Bonchev–Trinajstić information content (AvgIpc) is 2.90. The number of carbonyl (C=O) groups excluding carboxylic acids is 1. The number of hydrogen-bond acceptors (Lipinski definition) is 8. The van der Waals surface area contributed by atoms with Gasteiger partial charge in [-0.2, -0.15) is 0 Å². The van der Waals surface area contributed by atoms with E-state index in [-0.39, 0.29) is 30.3 Å². The molecule has 0 aliphatic carbocycles. The molecule has 1 saturated heterocycles. The Morgan fingerprint density at radius 2 is 1.86 bits per heavy atom. The van der Waals surface area contributed by atoms with Crippen molar-refractivity contribution in [3.63, 3.8) is 0 Å². The normalized spacial score (nSPS) is 14.8. The summed E-state index contributed by atoms with van der Waals surface area (Å²) in [6, 6.07) is 13.7. The molecule has 1 aliphatic heterocycles. The van der Waals surface area contributed by atoms with Crippen LogP contribution in [0.2, 0.25) is 0 Å². The van der Waals surface area contributed by atoms with Crippen LogP contribution in [0.1, 0.15) is 17.2 Å². The van der Waals surface area contributed by atoms with Crippen LogP contribution < -0.4 is 15.0 Å². The Bertz CT molecular complexity index is 1060. The molecule has 184 valence electrons. The largest absolute Gasteiger partial charge is 0.466 e. The number of ether oxygens (including phenoxy) is 2. The van der Waals surface area contributed by atoms with Gasteiger partial charge >= 0.3 is 0 Å². The van der Waals surface area contributed by atoms with E-state index in [2.05, 4.69) is 25.4 Å². The summed E-state index contributed by atoms with van der Waals surface area (Å²) in [6.07, 6.45) is 3.51. The van der Waals surface area contributed by atoms with Gasteiger partial charge in [0, 0.05) is 51.7 Å². The standard InChI is InChI=1S/C25H29FN6O3/c1-31(17-19-2-4-21(26)5-3-19)23-6-7-25(30-29-23)35-18-24(33)28-16-22(20-8-10-27-11-9-20)32-12-14-34-15-13-32/h2-11,22H,12-18H2,1H3,(H,28,33). The van der Waals surface area contributed by atoms with Gasteiger partial charge < -0.3 is 19.7 Å². The quantitative estimate of drug-likeness (QED) is 0.472. The highest BCUT2D eigenvalue weighted by atomic mass is 19.1. The SMILES string of the molecule is CN(Cc1ccc(F)cc1)c1ccc(OCC(=O)NCC(c2ccncc2)N2CCOCC2)nn1. The van der Waals surface area contributed by atoms with Crippen LogP contribution in [-0.2, 0) is 16.1 Å². The van der Waals surface area contributed by atoms with Crippen LogP contribution in [0, 0.1) is 5.82 Å². The molecule has 1 atom stereocenters. The maximum Gasteiger partial charge on any atom is 0.258 e. The Morgan fingerprint density at radius 1 is 1.11 bits per heavy atom. The number of nitrogens with zero attached hydrogens (tertiary/aromatic N) is 5. The molecule has 0 saturated carbocycles. The molecule has 9 nitrogen and oxygen atoms in total. The van der Waals surface area contributed by atoms with Crippen molar-refractivity contribution in [3.05, 3.63) is 77.9 Å². The third-order valence-electron chi connectivity index (χ3n) is 5.77. The molecule has 3 heterocycles. The van der Waals surface area contributed by atoms with Crippen LogP contribution >= 0.6 is 0 Å². The van der Waals surface area contributed by atoms with Crippen molar-refractivity contribution < 1.29 is 18.7 Å². The molecule has 0 bridgehead atoms. The lowest BCUT2D eigenvalue weighted by Gasteiger charge is -2.34. The summed E-state index contributed by atoms with van der Waals surface area (Å²) in [4.78, 5) is 20.7. The minimum absolute atomic E-state index is 0.0292. The zero-order valence-corrected chi connectivity index (χ0v) is 19.6. The first-order chi connectivity index (χ1) is 17.1. The first-order valence-corrected chi connectivity index (χ1v) is 11.5. The lowest BCUT2D eigenvalue weighted by molar-refractivity contribution is -0.123. The molecule has 0 spiro atoms. The number of pyridine rings is 1. The highest BCUT2D eigenvalue weighted by molar-refractivity contribution is 5.77. The van der Waals surface area contributed by atoms with Crippen molar-refractivity contribution in [1.29, 1.82) is 0 Å². The maximum atomic E-state index is 13.1. The van der Waals surface area contributed by atoms with Crippen LogP contribution in [-0.4, -0.2) is 72.5 Å². The molecule has 1 unspecified atom stereocenters. The summed E-state index contributed by atoms with van der Waals surface area (Å²) in [5, 5.41) is 11.2. The fraction of sp³-hybridized carbons (Fsp3) is 0.360. The Kier molecular flexibility index (Phi) is 8.53. The molecule has 35 heavy (non-hydrogen) atoms. The lowest BCUT2D eigenvalue weighted by Crippen LogP contribution is -2.44. The van der Waals surface area contributed by atoms with Crippen LogP contribution in [0.15, 0.2) is 60.9 Å². The molecule has 1 N–H and O–H groups in total. The van der Waals surface area contributed by atoms with Gasteiger partial charge in [0.2, 0.25) is 5.88 Å². The molecule has 4 rings (SSSR count). The summed E-state index contributed by atoms with van der Waals surface area (Å²) >= 11 is 0. The number of aromatic nitrogens is 3. The summed E-state index contributed by atoms with van der Waals surface area (Å²) in [5.41, 5.74) is 2.05. The fourth-order valence-corrected chi connectivity index (χ4v) is 3.87. The average molecular weight is 481 g/mol. The molecular formula is C25H29FN6O3. The number of amides is 1. The number of halogens is 1. The van der Waals surface area contributed by atoms with Gasteiger partial charge in [0.05, 0.1) is 19.3 Å². The van der Waals surface area contributed by atoms with Crippen molar-refractivity contribution in [1.82, 2.24) is 25.4 Å². The van der Waals surface area contributed by atoms with E-state index in [0.29, 0.717) is 32.1 Å². The summed E-state index contributed by atoms with van der Waals surface area (Å²) in [6.45, 7) is 3.79. The van der Waals surface area contributed by atoms with Gasteiger partial charge in [-0.15, -0.1) is 10.2 Å². The van der Waals surface area contributed by atoms with E-state index in [1.54, 1.807) is 36.7 Å². The Balaban J connectivity index is 1.26. The molecule has 2 aromatic heterocycles. The van der Waals surface area contributed by atoms with Crippen LogP contribution in [0.4, 0.5) is 10.2 Å². The zero-order valence-electron chi connectivity index (χ0n) is 19.6. The molecule has 1 amide bonds. The maximum absolute atomic E-state index is 13.1. The van der Waals surface area contributed by atoms with E-state index < -0.39 is 0 Å². The highest BCUT2D eigenvalue weighted by Crippen LogP contribution is 2.20. The molecule has 3 aromatic rings. The van der Waals surface area contributed by atoms with E-state index >= 15 is 0 Å². The van der Waals surface area contributed by atoms with Gasteiger partial charge in [-0.05, 0) is 41.5 Å². The molecule has 0 radical (unpaired) electrons. The predicted octanol–water partition coefficient (Wildman–Crippen LogP) is 2.22. The monoisotopic (exact) mass is 480 g/mol. The minimum Gasteiger partial charge on any atom is -0.466 e. The highest BCUT2D eigenvalue weighted by Gasteiger charge is 2.23. The van der Waals surface area contributed by atoms with Gasteiger partial charge in [-0.1, -0.05) is 12.1 Å². The first-order valence-electron chi connectivity index (χ1n) is 11.5. The second-order valence-corrected chi connectivity index (χ2v) is 8.25. The van der Waals surface area contributed by atoms with E-state index in [1.165, 1.54) is 12.1 Å². The van der Waals surface area contributed by atoms with Crippen molar-refractivity contribution in [2.24, 2.45) is 0 Å². The zero-order chi connectivity index (χ0) is 24.5. The third-order valence-corrected chi connectivity index (χ3v) is 5.77. The van der Waals surface area contributed by atoms with E-state index in [4.69, 9.17) is 9.47 Å². The van der Waals surface area contributed by atoms with Crippen LogP contribution in [0.25, 0.3) is 0 Å². The molecule has 10 heteroatoms. The van der Waals surface area contributed by atoms with Crippen molar-refractivity contribution in [3.8, 4) is 5.88 Å². The van der Waals surface area contributed by atoms with Gasteiger partial charge in [-0.3, -0.25) is 14.7 Å². The predicted molar refractivity (Wildman–Crippen MR) is 128 cm³/mol. The molecule has 1 fully saturated rings. The number of carbonyl (C=O) groups is 1.